The zero-order chi connectivity index (χ0) is 13.9. The number of nitrogens with zero attached hydrogens (tertiary/aromatic N) is 2. The molecule has 0 aromatic carbocycles. The van der Waals surface area contributed by atoms with E-state index in [0.717, 1.165) is 44.9 Å². The van der Waals surface area contributed by atoms with Crippen molar-refractivity contribution in [2.75, 3.05) is 19.6 Å². The first-order valence-corrected chi connectivity index (χ1v) is 8.88. The Bertz CT molecular complexity index is 375. The Balaban J connectivity index is 2.15. The SMILES string of the molecule is C[C@H](O)[C@H]1CCCCN1S(=O)(=O)N1CCCCCC1. The fraction of sp³-hybridized carbons (Fsp3) is 1.00. The molecule has 0 unspecified atom stereocenters. The molecule has 2 rings (SSSR count). The average molecular weight is 290 g/mol. The maximum absolute atomic E-state index is 12.7. The van der Waals surface area contributed by atoms with Gasteiger partial charge in [-0.05, 0) is 32.6 Å². The highest BCUT2D eigenvalue weighted by Gasteiger charge is 2.38. The number of hydrogen-bond acceptors (Lipinski definition) is 3. The summed E-state index contributed by atoms with van der Waals surface area (Å²) in [7, 11) is -3.40. The van der Waals surface area contributed by atoms with Crippen LogP contribution in [0.25, 0.3) is 0 Å². The lowest BCUT2D eigenvalue weighted by molar-refractivity contribution is 0.0792. The van der Waals surface area contributed by atoms with E-state index < -0.39 is 16.3 Å². The number of hydrogen-bond donors (Lipinski definition) is 1. The van der Waals surface area contributed by atoms with Crippen LogP contribution in [0.3, 0.4) is 0 Å². The predicted molar refractivity (Wildman–Crippen MR) is 75.0 cm³/mol. The molecule has 2 fully saturated rings. The summed E-state index contributed by atoms with van der Waals surface area (Å²) in [6.07, 6.45) is 6.21. The number of piperidine rings is 1. The maximum Gasteiger partial charge on any atom is 0.282 e. The summed E-state index contributed by atoms with van der Waals surface area (Å²) in [6.45, 7) is 3.51. The first kappa shape index (κ1) is 15.2. The number of aliphatic hydroxyl groups is 1. The minimum Gasteiger partial charge on any atom is -0.392 e. The van der Waals surface area contributed by atoms with E-state index >= 15 is 0 Å². The monoisotopic (exact) mass is 290 g/mol. The van der Waals surface area contributed by atoms with E-state index in [1.807, 2.05) is 0 Å². The summed E-state index contributed by atoms with van der Waals surface area (Å²) >= 11 is 0. The Kier molecular flexibility index (Phi) is 5.22. The molecule has 2 heterocycles. The van der Waals surface area contributed by atoms with Crippen molar-refractivity contribution in [1.29, 1.82) is 0 Å². The molecule has 0 bridgehead atoms. The fourth-order valence-electron chi connectivity index (χ4n) is 3.12. The highest BCUT2D eigenvalue weighted by molar-refractivity contribution is 7.86. The number of rotatable bonds is 3. The zero-order valence-electron chi connectivity index (χ0n) is 11.8. The van der Waals surface area contributed by atoms with Gasteiger partial charge in [0.05, 0.1) is 12.1 Å². The van der Waals surface area contributed by atoms with E-state index in [0.29, 0.717) is 19.6 Å². The van der Waals surface area contributed by atoms with E-state index in [4.69, 9.17) is 0 Å². The van der Waals surface area contributed by atoms with Gasteiger partial charge < -0.3 is 5.11 Å². The largest absolute Gasteiger partial charge is 0.392 e. The molecule has 0 radical (unpaired) electrons. The van der Waals surface area contributed by atoms with Crippen LogP contribution in [0.4, 0.5) is 0 Å². The van der Waals surface area contributed by atoms with Gasteiger partial charge in [0, 0.05) is 19.6 Å². The Morgan fingerprint density at radius 2 is 1.58 bits per heavy atom. The van der Waals surface area contributed by atoms with Gasteiger partial charge in [-0.15, -0.1) is 0 Å². The fourth-order valence-corrected chi connectivity index (χ4v) is 5.12. The van der Waals surface area contributed by atoms with Crippen LogP contribution in [0.15, 0.2) is 0 Å². The van der Waals surface area contributed by atoms with Gasteiger partial charge in [0.15, 0.2) is 0 Å². The summed E-state index contributed by atoms with van der Waals surface area (Å²) in [5.74, 6) is 0. The predicted octanol–water partition coefficient (Wildman–Crippen LogP) is 1.34. The van der Waals surface area contributed by atoms with Crippen LogP contribution in [0, 0.1) is 0 Å². The molecule has 0 aliphatic carbocycles. The standard InChI is InChI=1S/C13H26N2O3S/c1-12(16)13-8-4-7-11-15(13)19(17,18)14-9-5-2-3-6-10-14/h12-13,16H,2-11H2,1H3/t12-,13+/m0/s1. The van der Waals surface area contributed by atoms with Crippen LogP contribution in [0.1, 0.15) is 51.9 Å². The molecular weight excluding hydrogens is 264 g/mol. The van der Waals surface area contributed by atoms with Crippen LogP contribution in [-0.4, -0.2) is 53.9 Å². The zero-order valence-corrected chi connectivity index (χ0v) is 12.6. The lowest BCUT2D eigenvalue weighted by Gasteiger charge is -2.39. The summed E-state index contributed by atoms with van der Waals surface area (Å²) in [5, 5.41) is 9.84. The van der Waals surface area contributed by atoms with Crippen molar-refractivity contribution >= 4 is 10.2 Å². The third kappa shape index (κ3) is 3.48. The van der Waals surface area contributed by atoms with Crippen LogP contribution < -0.4 is 0 Å². The van der Waals surface area contributed by atoms with Crippen LogP contribution >= 0.6 is 0 Å². The van der Waals surface area contributed by atoms with Crippen LogP contribution in [0.2, 0.25) is 0 Å². The molecule has 19 heavy (non-hydrogen) atoms. The second kappa shape index (κ2) is 6.52. The Morgan fingerprint density at radius 3 is 2.16 bits per heavy atom. The van der Waals surface area contributed by atoms with Crippen molar-refractivity contribution < 1.29 is 13.5 Å². The van der Waals surface area contributed by atoms with E-state index in [-0.39, 0.29) is 6.04 Å². The van der Waals surface area contributed by atoms with Crippen molar-refractivity contribution in [2.45, 2.75) is 64.0 Å². The number of aliphatic hydroxyl groups excluding tert-OH is 1. The Morgan fingerprint density at radius 1 is 1.00 bits per heavy atom. The molecule has 112 valence electrons. The Labute approximate surface area is 116 Å². The smallest absolute Gasteiger partial charge is 0.282 e. The van der Waals surface area contributed by atoms with Crippen molar-refractivity contribution in [3.8, 4) is 0 Å². The van der Waals surface area contributed by atoms with Crippen molar-refractivity contribution in [3.05, 3.63) is 0 Å². The highest BCUT2D eigenvalue weighted by atomic mass is 32.2. The van der Waals surface area contributed by atoms with E-state index in [1.54, 1.807) is 15.5 Å². The molecule has 2 saturated heterocycles. The minimum atomic E-state index is -3.40. The third-order valence-corrected chi connectivity index (χ3v) is 6.31. The second-order valence-electron chi connectivity index (χ2n) is 5.74. The lowest BCUT2D eigenvalue weighted by Crippen LogP contribution is -2.54. The molecule has 0 aromatic rings. The minimum absolute atomic E-state index is 0.248. The van der Waals surface area contributed by atoms with Gasteiger partial charge in [-0.3, -0.25) is 0 Å². The van der Waals surface area contributed by atoms with Crippen LogP contribution in [-0.2, 0) is 10.2 Å². The molecule has 1 N–H and O–H groups in total. The van der Waals surface area contributed by atoms with E-state index in [9.17, 15) is 13.5 Å². The summed E-state index contributed by atoms with van der Waals surface area (Å²) < 4.78 is 28.7. The average Bonchev–Trinajstić information content (AvgIpc) is 2.68. The topological polar surface area (TPSA) is 60.9 Å². The van der Waals surface area contributed by atoms with Gasteiger partial charge in [-0.2, -0.15) is 17.0 Å². The normalized spacial score (nSPS) is 29.9. The van der Waals surface area contributed by atoms with Gasteiger partial charge in [0.2, 0.25) is 0 Å². The summed E-state index contributed by atoms with van der Waals surface area (Å²) in [6, 6.07) is -0.248. The van der Waals surface area contributed by atoms with Gasteiger partial charge in [-0.1, -0.05) is 19.3 Å². The first-order valence-electron chi connectivity index (χ1n) is 7.48. The van der Waals surface area contributed by atoms with Gasteiger partial charge in [0.1, 0.15) is 0 Å². The summed E-state index contributed by atoms with van der Waals surface area (Å²) in [5.41, 5.74) is 0. The molecule has 5 nitrogen and oxygen atoms in total. The quantitative estimate of drug-likeness (QED) is 0.853. The molecule has 0 saturated carbocycles. The molecule has 2 aliphatic heterocycles. The Hall–Kier alpha value is -0.170. The molecule has 2 aliphatic rings. The van der Waals surface area contributed by atoms with Gasteiger partial charge >= 0.3 is 0 Å². The molecular formula is C13H26N2O3S. The molecule has 0 aromatic heterocycles. The van der Waals surface area contributed by atoms with Gasteiger partial charge in [-0.25, -0.2) is 0 Å². The van der Waals surface area contributed by atoms with Crippen molar-refractivity contribution in [1.82, 2.24) is 8.61 Å². The molecule has 0 spiro atoms. The van der Waals surface area contributed by atoms with E-state index in [2.05, 4.69) is 0 Å². The second-order valence-corrected chi connectivity index (χ2v) is 7.62. The maximum atomic E-state index is 12.7. The van der Waals surface area contributed by atoms with Crippen molar-refractivity contribution in [2.24, 2.45) is 0 Å². The third-order valence-electron chi connectivity index (χ3n) is 4.24. The van der Waals surface area contributed by atoms with Gasteiger partial charge in [0.25, 0.3) is 10.2 Å². The molecule has 0 amide bonds. The lowest BCUT2D eigenvalue weighted by atomic mass is 10.0. The highest BCUT2D eigenvalue weighted by Crippen LogP contribution is 2.26. The molecule has 2 atom stereocenters. The first-order chi connectivity index (χ1) is 9.03. The van der Waals surface area contributed by atoms with Crippen LogP contribution in [0.5, 0.6) is 0 Å². The summed E-state index contributed by atoms with van der Waals surface area (Å²) in [4.78, 5) is 0. The van der Waals surface area contributed by atoms with E-state index in [1.165, 1.54) is 0 Å². The molecule has 6 heteroatoms. The van der Waals surface area contributed by atoms with Crippen molar-refractivity contribution in [3.63, 3.8) is 0 Å².